The van der Waals surface area contributed by atoms with E-state index in [1.165, 1.54) is 35.2 Å². The Labute approximate surface area is 361 Å². The van der Waals surface area contributed by atoms with Crippen LogP contribution in [0.4, 0.5) is 14.9 Å². The lowest BCUT2D eigenvalue weighted by Gasteiger charge is -2.59. The molecule has 15 heteroatoms. The summed E-state index contributed by atoms with van der Waals surface area (Å²) in [5, 5.41) is 36.0. The second-order valence-corrected chi connectivity index (χ2v) is 16.3. The summed E-state index contributed by atoms with van der Waals surface area (Å²) < 4.78 is 46.8. The molecule has 0 aromatic heterocycles. The van der Waals surface area contributed by atoms with Gasteiger partial charge in [0.15, 0.2) is 0 Å². The molecule has 3 aromatic rings. The molecule has 7 rings (SSSR count). The summed E-state index contributed by atoms with van der Waals surface area (Å²) in [7, 11) is 1.60. The van der Waals surface area contributed by atoms with Crippen molar-refractivity contribution in [2.45, 2.75) is 94.9 Å². The number of nitrogens with zero attached hydrogens (tertiary/aromatic N) is 3. The van der Waals surface area contributed by atoms with Gasteiger partial charge in [-0.3, -0.25) is 10.1 Å². The molecule has 2 aliphatic carbocycles. The Balaban J connectivity index is 1.37. The first kappa shape index (κ1) is 44.7. The number of hydrogen-bond acceptors (Lipinski definition) is 12. The Hall–Kier alpha value is -5.35. The first-order valence-electron chi connectivity index (χ1n) is 21.6. The third-order valence-corrected chi connectivity index (χ3v) is 12.4. The number of hydrogen-bond donors (Lipinski definition) is 2. The smallest absolute Gasteiger partial charge is 0.415 e. The van der Waals surface area contributed by atoms with Gasteiger partial charge >= 0.3 is 6.09 Å². The second-order valence-electron chi connectivity index (χ2n) is 16.3. The van der Waals surface area contributed by atoms with Gasteiger partial charge in [0.2, 0.25) is 12.1 Å². The monoisotopic (exact) mass is 857 g/mol. The first-order valence-corrected chi connectivity index (χ1v) is 21.6. The fraction of sp³-hybridized carbons (Fsp3) is 0.489. The number of nitro benzene ring substituents is 1. The average Bonchev–Trinajstić information content (AvgIpc) is 3.28. The fourth-order valence-corrected chi connectivity index (χ4v) is 9.45. The molecule has 1 amide bonds. The number of oxime groups is 1. The number of carbonyl (C=O) groups excluding carboxylic acids is 1. The predicted octanol–water partition coefficient (Wildman–Crippen LogP) is 8.60. The van der Waals surface area contributed by atoms with Crippen molar-refractivity contribution in [3.05, 3.63) is 118 Å². The molecule has 332 valence electrons. The van der Waals surface area contributed by atoms with E-state index in [0.29, 0.717) is 48.6 Å². The summed E-state index contributed by atoms with van der Waals surface area (Å²) >= 11 is 0. The van der Waals surface area contributed by atoms with Gasteiger partial charge in [-0.15, -0.1) is 6.58 Å². The van der Waals surface area contributed by atoms with Gasteiger partial charge in [-0.05, 0) is 92.3 Å². The summed E-state index contributed by atoms with van der Waals surface area (Å²) in [6.07, 6.45) is 9.45. The lowest BCUT2D eigenvalue weighted by molar-refractivity contribution is -0.384. The molecule has 0 bridgehead atoms. The number of unbranched alkanes of at least 4 members (excludes halogenated alkanes) is 2. The van der Waals surface area contributed by atoms with Gasteiger partial charge in [-0.2, -0.15) is 0 Å². The van der Waals surface area contributed by atoms with E-state index in [0.717, 1.165) is 49.7 Å². The number of ether oxygens (including phenoxy) is 5. The second kappa shape index (κ2) is 20.7. The van der Waals surface area contributed by atoms with Crippen LogP contribution in [0.15, 0.2) is 96.2 Å². The zero-order valence-electron chi connectivity index (χ0n) is 35.1. The Morgan fingerprint density at radius 3 is 2.52 bits per heavy atom. The molecule has 0 spiro atoms. The van der Waals surface area contributed by atoms with Crippen LogP contribution in [-0.4, -0.2) is 83.4 Å². The molecule has 3 aromatic carbocycles. The number of aliphatic hydroxyl groups excluding tert-OH is 2. The molecule has 7 unspecified atom stereocenters. The molecular weight excluding hydrogens is 802 g/mol. The maximum absolute atomic E-state index is 14.7. The van der Waals surface area contributed by atoms with Crippen molar-refractivity contribution < 1.29 is 52.8 Å². The molecule has 0 radical (unpaired) electrons. The van der Waals surface area contributed by atoms with Crippen molar-refractivity contribution in [3.8, 4) is 17.2 Å². The Bertz CT molecular complexity index is 2090. The van der Waals surface area contributed by atoms with Gasteiger partial charge < -0.3 is 43.6 Å². The number of nitro groups is 1. The van der Waals surface area contributed by atoms with Crippen molar-refractivity contribution in [3.63, 3.8) is 0 Å². The van der Waals surface area contributed by atoms with Crippen LogP contribution in [0.25, 0.3) is 0 Å². The van der Waals surface area contributed by atoms with Crippen molar-refractivity contribution in [1.82, 2.24) is 4.90 Å². The number of amides is 1. The topological polar surface area (TPSA) is 172 Å². The molecule has 7 atom stereocenters. The van der Waals surface area contributed by atoms with Crippen molar-refractivity contribution in [2.24, 2.45) is 22.9 Å². The van der Waals surface area contributed by atoms with Crippen molar-refractivity contribution >= 4 is 17.5 Å². The van der Waals surface area contributed by atoms with E-state index >= 15 is 0 Å². The summed E-state index contributed by atoms with van der Waals surface area (Å²) in [6.45, 7) is 4.68. The van der Waals surface area contributed by atoms with Crippen LogP contribution in [0.3, 0.4) is 0 Å². The van der Waals surface area contributed by atoms with E-state index in [9.17, 15) is 29.5 Å². The molecular formula is C47H56FN3O11. The maximum atomic E-state index is 14.7. The molecule has 2 fully saturated rings. The largest absolute Gasteiger partial charge is 0.489 e. The van der Waals surface area contributed by atoms with Crippen LogP contribution >= 0.6 is 0 Å². The van der Waals surface area contributed by atoms with Crippen LogP contribution in [0.5, 0.6) is 17.2 Å². The molecule has 4 aliphatic rings. The van der Waals surface area contributed by atoms with Gasteiger partial charge in [-0.1, -0.05) is 48.3 Å². The van der Waals surface area contributed by atoms with Crippen molar-refractivity contribution in [1.29, 1.82) is 0 Å². The highest BCUT2D eigenvalue weighted by molar-refractivity contribution is 6.03. The van der Waals surface area contributed by atoms with E-state index in [1.807, 2.05) is 12.1 Å². The van der Waals surface area contributed by atoms with Crippen LogP contribution in [-0.2, 0) is 20.9 Å². The van der Waals surface area contributed by atoms with Gasteiger partial charge in [0, 0.05) is 62.3 Å². The Morgan fingerprint density at radius 1 is 1.05 bits per heavy atom. The number of fused-ring (bicyclic) bond motifs is 2. The quantitative estimate of drug-likeness (QED) is 0.0512. The van der Waals surface area contributed by atoms with Crippen LogP contribution in [0, 0.1) is 33.7 Å². The highest BCUT2D eigenvalue weighted by atomic mass is 19.1. The maximum Gasteiger partial charge on any atom is 0.415 e. The van der Waals surface area contributed by atoms with E-state index in [4.69, 9.17) is 33.7 Å². The number of halogens is 1. The third kappa shape index (κ3) is 9.81. The van der Waals surface area contributed by atoms with Gasteiger partial charge in [-0.25, -0.2) is 9.18 Å². The molecule has 1 saturated carbocycles. The normalized spacial score (nSPS) is 25.7. The summed E-state index contributed by atoms with van der Waals surface area (Å²) in [5.41, 5.74) is 2.55. The van der Waals surface area contributed by atoms with Gasteiger partial charge in [0.25, 0.3) is 5.69 Å². The third-order valence-electron chi connectivity index (χ3n) is 12.4. The standard InChI is InChI=1S/C47H56FN3O11/c1-3-25-59-47-42(50(2)46(54)60-34-19-17-33(18-20-34)51(55)56)29-40(49-62-43-16-8-11-26-57-43)37-27-31(12-6-9-23-52)36(14-7-10-24-53)44(45(37)47)38-28-35(21-22-41(38)61-47)58-30-32-13-4-5-15-39(32)48/h3-5,13,15,17-22,27-28,31,36,42-45,52-53H,1,6-12,14,16,23-26,29-30H2,2H3. The van der Waals surface area contributed by atoms with Crippen LogP contribution in [0.2, 0.25) is 0 Å². The predicted molar refractivity (Wildman–Crippen MR) is 227 cm³/mol. The van der Waals surface area contributed by atoms with Gasteiger partial charge in [0.1, 0.15) is 35.7 Å². The zero-order chi connectivity index (χ0) is 43.6. The molecule has 2 aliphatic heterocycles. The number of likely N-dealkylation sites (N-methyl/N-ethyl adjacent to an activating group) is 1. The Morgan fingerprint density at radius 2 is 1.81 bits per heavy atom. The average molecular weight is 858 g/mol. The molecule has 2 heterocycles. The summed E-state index contributed by atoms with van der Waals surface area (Å²) in [4.78, 5) is 32.7. The lowest BCUT2D eigenvalue weighted by atomic mass is 9.55. The minimum atomic E-state index is -1.54. The number of rotatable bonds is 19. The number of aliphatic hydroxyl groups is 2. The van der Waals surface area contributed by atoms with E-state index in [2.05, 4.69) is 12.7 Å². The fourth-order valence-electron chi connectivity index (χ4n) is 9.45. The SMILES string of the molecule is C=CCOC12Oc3ccc(OCc4ccccc4F)cc3C3C(CCCCO)C(CCCCO)C=C(C(=NOC4CCCCO4)CC1N(C)C(=O)Oc1ccc([N+](=O)[O-])cc1)C32. The minimum Gasteiger partial charge on any atom is -0.489 e. The molecule has 1 saturated heterocycles. The molecule has 14 nitrogen and oxygen atoms in total. The molecule has 62 heavy (non-hydrogen) atoms. The van der Waals surface area contributed by atoms with Crippen molar-refractivity contribution in [2.75, 3.05) is 33.5 Å². The number of benzene rings is 3. The highest BCUT2D eigenvalue weighted by Crippen LogP contribution is 2.62. The first-order chi connectivity index (χ1) is 30.2. The molecule has 2 N–H and O–H groups in total. The Kier molecular flexibility index (Phi) is 14.9. The zero-order valence-corrected chi connectivity index (χ0v) is 35.1. The van der Waals surface area contributed by atoms with Gasteiger partial charge in [0.05, 0.1) is 29.8 Å². The number of allylic oxidation sites excluding steroid dienone is 1. The van der Waals surface area contributed by atoms with Crippen LogP contribution in [0.1, 0.15) is 81.3 Å². The number of carbonyl (C=O) groups is 1. The highest BCUT2D eigenvalue weighted by Gasteiger charge is 2.65. The van der Waals surface area contributed by atoms with E-state index < -0.39 is 35.1 Å². The summed E-state index contributed by atoms with van der Waals surface area (Å²) in [6, 6.07) is 16.4. The lowest BCUT2D eigenvalue weighted by Crippen LogP contribution is -2.69. The minimum absolute atomic E-state index is 0.0000454. The summed E-state index contributed by atoms with van der Waals surface area (Å²) in [5.74, 6) is -1.71. The van der Waals surface area contributed by atoms with Crippen LogP contribution < -0.4 is 14.2 Å². The number of non-ortho nitro benzene ring substituents is 1. The van der Waals surface area contributed by atoms with E-state index in [-0.39, 0.29) is 67.9 Å². The van der Waals surface area contributed by atoms with E-state index in [1.54, 1.807) is 37.4 Å².